The molecule has 1 atom stereocenters. The lowest BCUT2D eigenvalue weighted by Gasteiger charge is -2.12. The van der Waals surface area contributed by atoms with E-state index in [-0.39, 0.29) is 18.0 Å². The number of nitrogens with two attached hydrogens (primary N) is 1. The van der Waals surface area contributed by atoms with E-state index in [1.165, 1.54) is 11.8 Å². The summed E-state index contributed by atoms with van der Waals surface area (Å²) in [5.41, 5.74) is 7.36. The molecule has 0 saturated heterocycles. The summed E-state index contributed by atoms with van der Waals surface area (Å²) in [5, 5.41) is 2.75. The first kappa shape index (κ1) is 15.6. The van der Waals surface area contributed by atoms with Gasteiger partial charge in [-0.2, -0.15) is 0 Å². The van der Waals surface area contributed by atoms with Gasteiger partial charge >= 0.3 is 0 Å². The number of ether oxygens (including phenoxy) is 2. The highest BCUT2D eigenvalue weighted by atomic mass is 32.2. The summed E-state index contributed by atoms with van der Waals surface area (Å²) in [7, 11) is 0. The largest absolute Gasteiger partial charge is 0.454 e. The molecular formula is C17H18N2O3S. The summed E-state index contributed by atoms with van der Waals surface area (Å²) >= 11 is 1.50. The first-order chi connectivity index (χ1) is 11.1. The van der Waals surface area contributed by atoms with Gasteiger partial charge in [0.25, 0.3) is 0 Å². The highest BCUT2D eigenvalue weighted by molar-refractivity contribution is 8.00. The lowest BCUT2D eigenvalue weighted by Crippen LogP contribution is -2.30. The molecule has 0 saturated carbocycles. The van der Waals surface area contributed by atoms with Crippen LogP contribution in [0.3, 0.4) is 0 Å². The molecule has 2 aromatic carbocycles. The number of nitrogens with one attached hydrogen (secondary N) is 1. The Morgan fingerprint density at radius 3 is 2.74 bits per heavy atom. The van der Waals surface area contributed by atoms with Crippen molar-refractivity contribution in [2.75, 3.05) is 12.5 Å². The van der Waals surface area contributed by atoms with Crippen LogP contribution in [0.2, 0.25) is 0 Å². The number of hydrogen-bond donors (Lipinski definition) is 2. The van der Waals surface area contributed by atoms with Crippen LogP contribution in [-0.4, -0.2) is 18.0 Å². The minimum absolute atomic E-state index is 0.00973. The average molecular weight is 330 g/mol. The molecule has 1 amide bonds. The van der Waals surface area contributed by atoms with Crippen molar-refractivity contribution in [2.24, 2.45) is 0 Å². The molecule has 0 radical (unpaired) electrons. The number of nitrogen functional groups attached to an aromatic ring is 1. The van der Waals surface area contributed by atoms with Gasteiger partial charge in [-0.3, -0.25) is 4.79 Å². The SMILES string of the molecule is C[C@@H](Sc1ccc(N)cc1)C(=O)NCc1ccc2c(c1)OCO2. The van der Waals surface area contributed by atoms with Crippen LogP contribution < -0.4 is 20.5 Å². The molecule has 2 aromatic rings. The normalized spacial score (nSPS) is 13.6. The molecule has 0 aliphatic carbocycles. The molecule has 6 heteroatoms. The van der Waals surface area contributed by atoms with Crippen molar-refractivity contribution in [1.29, 1.82) is 0 Å². The molecule has 0 aromatic heterocycles. The highest BCUT2D eigenvalue weighted by Gasteiger charge is 2.16. The minimum Gasteiger partial charge on any atom is -0.454 e. The van der Waals surface area contributed by atoms with Crippen LogP contribution in [0.4, 0.5) is 5.69 Å². The van der Waals surface area contributed by atoms with Gasteiger partial charge in [-0.05, 0) is 48.9 Å². The van der Waals surface area contributed by atoms with E-state index >= 15 is 0 Å². The number of carbonyl (C=O) groups is 1. The average Bonchev–Trinajstić information content (AvgIpc) is 3.02. The first-order valence-electron chi connectivity index (χ1n) is 7.30. The van der Waals surface area contributed by atoms with Gasteiger partial charge in [0.15, 0.2) is 11.5 Å². The van der Waals surface area contributed by atoms with Crippen LogP contribution in [0, 0.1) is 0 Å². The third kappa shape index (κ3) is 3.90. The monoisotopic (exact) mass is 330 g/mol. The van der Waals surface area contributed by atoms with Gasteiger partial charge in [-0.25, -0.2) is 0 Å². The number of hydrogen-bond acceptors (Lipinski definition) is 5. The number of carbonyl (C=O) groups excluding carboxylic acids is 1. The van der Waals surface area contributed by atoms with Gasteiger partial charge < -0.3 is 20.5 Å². The zero-order valence-electron chi connectivity index (χ0n) is 12.7. The molecule has 0 unspecified atom stereocenters. The van der Waals surface area contributed by atoms with Gasteiger partial charge in [-0.1, -0.05) is 6.07 Å². The van der Waals surface area contributed by atoms with Gasteiger partial charge in [0.2, 0.25) is 12.7 Å². The van der Waals surface area contributed by atoms with Crippen molar-refractivity contribution < 1.29 is 14.3 Å². The number of benzene rings is 2. The number of anilines is 1. The maximum Gasteiger partial charge on any atom is 0.233 e. The molecule has 0 spiro atoms. The molecule has 0 fully saturated rings. The van der Waals surface area contributed by atoms with E-state index in [2.05, 4.69) is 5.32 Å². The van der Waals surface area contributed by atoms with Crippen molar-refractivity contribution in [3.8, 4) is 11.5 Å². The Bertz CT molecular complexity index is 703. The second kappa shape index (κ2) is 6.83. The van der Waals surface area contributed by atoms with E-state index < -0.39 is 0 Å². The third-order valence-electron chi connectivity index (χ3n) is 3.47. The van der Waals surface area contributed by atoms with Crippen LogP contribution >= 0.6 is 11.8 Å². The van der Waals surface area contributed by atoms with E-state index in [0.717, 1.165) is 22.0 Å². The van der Waals surface area contributed by atoms with Crippen molar-refractivity contribution >= 4 is 23.4 Å². The maximum absolute atomic E-state index is 12.2. The van der Waals surface area contributed by atoms with E-state index in [1.54, 1.807) is 0 Å². The smallest absolute Gasteiger partial charge is 0.233 e. The Morgan fingerprint density at radius 2 is 1.96 bits per heavy atom. The topological polar surface area (TPSA) is 73.6 Å². The van der Waals surface area contributed by atoms with Crippen LogP contribution in [0.15, 0.2) is 47.4 Å². The van der Waals surface area contributed by atoms with Crippen LogP contribution in [0.5, 0.6) is 11.5 Å². The Balaban J connectivity index is 1.53. The van der Waals surface area contributed by atoms with Crippen molar-refractivity contribution in [2.45, 2.75) is 23.6 Å². The molecule has 0 bridgehead atoms. The van der Waals surface area contributed by atoms with Gasteiger partial charge in [0.1, 0.15) is 0 Å². The Kier molecular flexibility index (Phi) is 4.62. The Labute approximate surface area is 139 Å². The molecule has 5 nitrogen and oxygen atoms in total. The summed E-state index contributed by atoms with van der Waals surface area (Å²) in [5.74, 6) is 1.46. The highest BCUT2D eigenvalue weighted by Crippen LogP contribution is 2.32. The Hall–Kier alpha value is -2.34. The zero-order chi connectivity index (χ0) is 16.2. The van der Waals surface area contributed by atoms with E-state index in [0.29, 0.717) is 12.2 Å². The second-order valence-electron chi connectivity index (χ2n) is 5.23. The minimum atomic E-state index is -0.187. The Morgan fingerprint density at radius 1 is 1.22 bits per heavy atom. The number of fused-ring (bicyclic) bond motifs is 1. The predicted octanol–water partition coefficient (Wildman–Crippen LogP) is 2.79. The van der Waals surface area contributed by atoms with E-state index in [1.807, 2.05) is 49.4 Å². The first-order valence-corrected chi connectivity index (χ1v) is 8.18. The van der Waals surface area contributed by atoms with Crippen molar-refractivity contribution in [3.05, 3.63) is 48.0 Å². The lowest BCUT2D eigenvalue weighted by atomic mass is 10.2. The fraction of sp³-hybridized carbons (Fsp3) is 0.235. The predicted molar refractivity (Wildman–Crippen MR) is 90.6 cm³/mol. The molecule has 1 aliphatic heterocycles. The fourth-order valence-corrected chi connectivity index (χ4v) is 3.08. The molecule has 120 valence electrons. The molecular weight excluding hydrogens is 312 g/mol. The van der Waals surface area contributed by atoms with Gasteiger partial charge in [0.05, 0.1) is 5.25 Å². The molecule has 23 heavy (non-hydrogen) atoms. The van der Waals surface area contributed by atoms with E-state index in [4.69, 9.17) is 15.2 Å². The standard InChI is InChI=1S/C17H18N2O3S/c1-11(23-14-5-3-13(18)4-6-14)17(20)19-9-12-2-7-15-16(8-12)22-10-21-15/h2-8,11H,9-10,18H2,1H3,(H,19,20)/t11-/m1/s1. The van der Waals surface area contributed by atoms with Crippen LogP contribution in [-0.2, 0) is 11.3 Å². The van der Waals surface area contributed by atoms with Crippen molar-refractivity contribution in [1.82, 2.24) is 5.32 Å². The maximum atomic E-state index is 12.2. The number of amides is 1. The molecule has 1 heterocycles. The van der Waals surface area contributed by atoms with Gasteiger partial charge in [-0.15, -0.1) is 11.8 Å². The summed E-state index contributed by atoms with van der Waals surface area (Å²) in [6, 6.07) is 13.2. The van der Waals surface area contributed by atoms with Crippen LogP contribution in [0.1, 0.15) is 12.5 Å². The van der Waals surface area contributed by atoms with Crippen LogP contribution in [0.25, 0.3) is 0 Å². The fourth-order valence-electron chi connectivity index (χ4n) is 2.19. The molecule has 3 N–H and O–H groups in total. The third-order valence-corrected chi connectivity index (χ3v) is 4.58. The summed E-state index contributed by atoms with van der Waals surface area (Å²) < 4.78 is 10.6. The summed E-state index contributed by atoms with van der Waals surface area (Å²) in [4.78, 5) is 13.2. The number of thioether (sulfide) groups is 1. The summed E-state index contributed by atoms with van der Waals surface area (Å²) in [6.45, 7) is 2.60. The van der Waals surface area contributed by atoms with Gasteiger partial charge in [0, 0.05) is 17.1 Å². The summed E-state index contributed by atoms with van der Waals surface area (Å²) in [6.07, 6.45) is 0. The molecule has 1 aliphatic rings. The zero-order valence-corrected chi connectivity index (χ0v) is 13.6. The quantitative estimate of drug-likeness (QED) is 0.651. The second-order valence-corrected chi connectivity index (χ2v) is 6.65. The van der Waals surface area contributed by atoms with E-state index in [9.17, 15) is 4.79 Å². The van der Waals surface area contributed by atoms with Crippen molar-refractivity contribution in [3.63, 3.8) is 0 Å². The number of rotatable bonds is 5. The lowest BCUT2D eigenvalue weighted by molar-refractivity contribution is -0.120. The molecule has 3 rings (SSSR count).